The van der Waals surface area contributed by atoms with Gasteiger partial charge in [-0.05, 0) is 30.7 Å². The highest BCUT2D eigenvalue weighted by molar-refractivity contribution is 7.62. The first-order valence-electron chi connectivity index (χ1n) is 10.7. The van der Waals surface area contributed by atoms with Gasteiger partial charge in [0.15, 0.2) is 6.79 Å². The van der Waals surface area contributed by atoms with E-state index in [-0.39, 0.29) is 6.10 Å². The lowest BCUT2D eigenvalue weighted by Gasteiger charge is -2.30. The van der Waals surface area contributed by atoms with Gasteiger partial charge in [-0.15, -0.1) is 0 Å². The summed E-state index contributed by atoms with van der Waals surface area (Å²) in [4.78, 5) is 26.6. The third kappa shape index (κ3) is 5.15. The third-order valence-corrected chi connectivity index (χ3v) is 7.95. The van der Waals surface area contributed by atoms with Crippen LogP contribution in [0.15, 0.2) is 60.9 Å². The van der Waals surface area contributed by atoms with Gasteiger partial charge in [-0.3, -0.25) is 19.1 Å². The molecule has 2 aromatic carbocycles. The lowest BCUT2D eigenvalue weighted by molar-refractivity contribution is 0.0837. The summed E-state index contributed by atoms with van der Waals surface area (Å²) in [7, 11) is -8.26. The predicted molar refractivity (Wildman–Crippen MR) is 128 cm³/mol. The number of hydrogen-bond donors (Lipinski definition) is 2. The van der Waals surface area contributed by atoms with Gasteiger partial charge in [0.05, 0.1) is 23.5 Å². The van der Waals surface area contributed by atoms with Crippen LogP contribution in [0.25, 0.3) is 21.8 Å². The van der Waals surface area contributed by atoms with E-state index in [1.54, 1.807) is 24.3 Å². The van der Waals surface area contributed by atoms with Crippen molar-refractivity contribution in [2.45, 2.75) is 19.4 Å². The first-order valence-corrected chi connectivity index (χ1v) is 13.8. The van der Waals surface area contributed by atoms with E-state index in [0.29, 0.717) is 45.9 Å². The van der Waals surface area contributed by atoms with Crippen molar-refractivity contribution in [1.29, 1.82) is 0 Å². The Labute approximate surface area is 200 Å². The van der Waals surface area contributed by atoms with E-state index in [9.17, 15) is 9.13 Å². The highest BCUT2D eigenvalue weighted by Gasteiger charge is 2.36. The van der Waals surface area contributed by atoms with E-state index in [4.69, 9.17) is 23.6 Å². The molecule has 1 aliphatic rings. The topological polar surface area (TPSA) is 137 Å². The molecule has 182 valence electrons. The SMILES string of the molecule is Cc1cccc(C2CCOP(=O)(c3cnc4c(ccc5c(OCOP(=O)(O)O)ccnc54)c3)O2)c1. The maximum absolute atomic E-state index is 13.7. The molecule has 0 amide bonds. The van der Waals surface area contributed by atoms with E-state index >= 15 is 0 Å². The maximum atomic E-state index is 13.7. The number of phosphoric acid groups is 1. The molecular weight excluding hydrogens is 494 g/mol. The van der Waals surface area contributed by atoms with Gasteiger partial charge in [-0.25, -0.2) is 9.09 Å². The Kier molecular flexibility index (Phi) is 6.46. The van der Waals surface area contributed by atoms with Crippen LogP contribution < -0.4 is 10.0 Å². The smallest absolute Gasteiger partial charge is 0.466 e. The number of fused-ring (bicyclic) bond motifs is 3. The molecule has 4 aromatic rings. The van der Waals surface area contributed by atoms with Crippen LogP contribution in [-0.2, 0) is 22.7 Å². The van der Waals surface area contributed by atoms with Crippen LogP contribution in [0.2, 0.25) is 0 Å². The summed E-state index contributed by atoms with van der Waals surface area (Å²) in [6.07, 6.45) is 3.20. The molecule has 3 heterocycles. The quantitative estimate of drug-likeness (QED) is 0.214. The second-order valence-electron chi connectivity index (χ2n) is 8.05. The molecule has 1 saturated heterocycles. The monoisotopic (exact) mass is 516 g/mol. The molecule has 12 heteroatoms. The normalized spacial score (nSPS) is 20.8. The molecule has 0 aliphatic carbocycles. The molecule has 1 fully saturated rings. The fourth-order valence-electron chi connectivity index (χ4n) is 3.97. The summed E-state index contributed by atoms with van der Waals surface area (Å²) >= 11 is 0. The molecule has 0 radical (unpaired) electrons. The van der Waals surface area contributed by atoms with Crippen molar-refractivity contribution < 1.29 is 37.2 Å². The molecule has 35 heavy (non-hydrogen) atoms. The largest absolute Gasteiger partial charge is 0.472 e. The molecule has 10 nitrogen and oxygen atoms in total. The molecule has 2 N–H and O–H groups in total. The molecule has 2 unspecified atom stereocenters. The van der Waals surface area contributed by atoms with Gasteiger partial charge in [0.25, 0.3) is 0 Å². The predicted octanol–water partition coefficient (Wildman–Crippen LogP) is 4.53. The van der Waals surface area contributed by atoms with E-state index in [0.717, 1.165) is 11.1 Å². The highest BCUT2D eigenvalue weighted by atomic mass is 31.2. The van der Waals surface area contributed by atoms with Crippen LogP contribution in [0, 0.1) is 6.92 Å². The van der Waals surface area contributed by atoms with Crippen molar-refractivity contribution in [1.82, 2.24) is 9.97 Å². The first kappa shape index (κ1) is 24.0. The lowest BCUT2D eigenvalue weighted by atomic mass is 10.0. The second kappa shape index (κ2) is 9.41. The number of pyridine rings is 2. The summed E-state index contributed by atoms with van der Waals surface area (Å²) in [6.45, 7) is 1.66. The number of nitrogens with zero attached hydrogens (tertiary/aromatic N) is 2. The Bertz CT molecular complexity index is 1510. The van der Waals surface area contributed by atoms with Gasteiger partial charge in [-0.2, -0.15) is 0 Å². The van der Waals surface area contributed by atoms with E-state index in [2.05, 4.69) is 14.5 Å². The maximum Gasteiger partial charge on any atom is 0.472 e. The van der Waals surface area contributed by atoms with Gasteiger partial charge >= 0.3 is 15.4 Å². The number of ether oxygens (including phenoxy) is 1. The molecule has 2 aromatic heterocycles. The van der Waals surface area contributed by atoms with Crippen molar-refractivity contribution in [2.75, 3.05) is 13.4 Å². The molecule has 0 bridgehead atoms. The Balaban J connectivity index is 1.46. The number of aromatic nitrogens is 2. The van der Waals surface area contributed by atoms with Crippen molar-refractivity contribution in [2.24, 2.45) is 0 Å². The third-order valence-electron chi connectivity index (χ3n) is 5.58. The minimum Gasteiger partial charge on any atom is -0.466 e. The number of benzene rings is 2. The molecule has 1 aliphatic heterocycles. The number of aryl methyl sites for hydroxylation is 1. The second-order valence-corrected chi connectivity index (χ2v) is 11.3. The number of phosphoric ester groups is 1. The molecular formula is C23H22N2O8P2. The first-order chi connectivity index (χ1) is 16.7. The Morgan fingerprint density at radius 2 is 2.00 bits per heavy atom. The Hall–Kier alpha value is -2.68. The van der Waals surface area contributed by atoms with Crippen LogP contribution in [0.4, 0.5) is 0 Å². The summed E-state index contributed by atoms with van der Waals surface area (Å²) in [5.74, 6) is 0.323. The zero-order chi connectivity index (χ0) is 24.6. The minimum atomic E-state index is -4.66. The highest BCUT2D eigenvalue weighted by Crippen LogP contribution is 2.55. The number of hydrogen-bond acceptors (Lipinski definition) is 8. The summed E-state index contributed by atoms with van der Waals surface area (Å²) < 4.78 is 45.9. The van der Waals surface area contributed by atoms with Crippen LogP contribution in [-0.4, -0.2) is 33.2 Å². The van der Waals surface area contributed by atoms with Gasteiger partial charge in [0.1, 0.15) is 11.3 Å². The standard InChI is InChI=1S/C23H22N2O8P2/c1-15-3-2-4-16(11-15)20-8-10-31-34(26,33-20)18-12-17-5-6-19-21(30-14-32-35(27,28)29)7-9-24-23(19)22(17)25-13-18/h2-7,9,11-13,20H,8,10,14H2,1H3,(H2,27,28,29). The molecule has 5 rings (SSSR count). The zero-order valence-corrected chi connectivity index (χ0v) is 20.4. The summed E-state index contributed by atoms with van der Waals surface area (Å²) in [5.41, 5.74) is 3.08. The van der Waals surface area contributed by atoms with Crippen molar-refractivity contribution in [3.8, 4) is 5.75 Å². The van der Waals surface area contributed by atoms with Crippen LogP contribution in [0.5, 0.6) is 5.75 Å². The van der Waals surface area contributed by atoms with Gasteiger partial charge in [0, 0.05) is 29.6 Å². The lowest BCUT2D eigenvalue weighted by Crippen LogP contribution is -2.20. The molecule has 0 saturated carbocycles. The average molecular weight is 516 g/mol. The van der Waals surface area contributed by atoms with E-state index in [1.807, 2.05) is 31.2 Å². The Morgan fingerprint density at radius 1 is 1.14 bits per heavy atom. The van der Waals surface area contributed by atoms with Crippen molar-refractivity contribution >= 4 is 42.5 Å². The zero-order valence-electron chi connectivity index (χ0n) is 18.6. The van der Waals surface area contributed by atoms with Crippen LogP contribution >= 0.6 is 15.4 Å². The van der Waals surface area contributed by atoms with Gasteiger partial charge in [0.2, 0.25) is 0 Å². The molecule has 2 atom stereocenters. The van der Waals surface area contributed by atoms with Crippen molar-refractivity contribution in [3.05, 3.63) is 72.1 Å². The summed E-state index contributed by atoms with van der Waals surface area (Å²) in [5, 5.41) is 1.60. The average Bonchev–Trinajstić information content (AvgIpc) is 2.83. The van der Waals surface area contributed by atoms with E-state index < -0.39 is 22.2 Å². The molecule has 0 spiro atoms. The van der Waals surface area contributed by atoms with Gasteiger partial charge in [-0.1, -0.05) is 35.9 Å². The Morgan fingerprint density at radius 3 is 2.80 bits per heavy atom. The minimum absolute atomic E-state index is 0.296. The fourth-order valence-corrected chi connectivity index (χ4v) is 5.90. The number of rotatable bonds is 6. The van der Waals surface area contributed by atoms with Crippen molar-refractivity contribution in [3.63, 3.8) is 0 Å². The van der Waals surface area contributed by atoms with E-state index in [1.165, 1.54) is 12.4 Å². The van der Waals surface area contributed by atoms with Gasteiger partial charge < -0.3 is 19.0 Å². The summed E-state index contributed by atoms with van der Waals surface area (Å²) in [6, 6.07) is 14.7. The fraction of sp³-hybridized carbons (Fsp3) is 0.217. The van der Waals surface area contributed by atoms with Crippen LogP contribution in [0.3, 0.4) is 0 Å². The van der Waals surface area contributed by atoms with Crippen LogP contribution in [0.1, 0.15) is 23.7 Å².